The van der Waals surface area contributed by atoms with Crippen LogP contribution < -0.4 is 0 Å². The predicted octanol–water partition coefficient (Wildman–Crippen LogP) is 1.93. The number of likely N-dealkylation sites (N-methyl/N-ethyl adjacent to an activating group) is 1. The maximum absolute atomic E-state index is 12.6. The fourth-order valence-corrected chi connectivity index (χ4v) is 4.42. The minimum absolute atomic E-state index is 0.00800. The molecule has 0 saturated heterocycles. The van der Waals surface area contributed by atoms with Crippen molar-refractivity contribution >= 4 is 31.9 Å². The van der Waals surface area contributed by atoms with Crippen LogP contribution in [0.3, 0.4) is 0 Å². The number of hydrogen-bond acceptors (Lipinski definition) is 4. The fourth-order valence-electron chi connectivity index (χ4n) is 1.78. The third-order valence-electron chi connectivity index (χ3n) is 2.71. The second-order valence-electron chi connectivity index (χ2n) is 5.19. The molecule has 118 valence electrons. The Bertz CT molecular complexity index is 636. The molecule has 0 aliphatic heterocycles. The van der Waals surface area contributed by atoms with Crippen molar-refractivity contribution in [2.24, 2.45) is 0 Å². The number of aliphatic hydroxyl groups is 1. The van der Waals surface area contributed by atoms with E-state index in [-0.39, 0.29) is 28.0 Å². The van der Waals surface area contributed by atoms with E-state index in [1.54, 1.807) is 6.92 Å². The van der Waals surface area contributed by atoms with Crippen LogP contribution in [0.1, 0.15) is 31.1 Å². The number of nitrogens with zero attached hydrogens (tertiary/aromatic N) is 1. The minimum Gasteiger partial charge on any atom is -0.478 e. The van der Waals surface area contributed by atoms with Crippen LogP contribution in [0.2, 0.25) is 0 Å². The van der Waals surface area contributed by atoms with Gasteiger partial charge in [0.2, 0.25) is 10.0 Å². The van der Waals surface area contributed by atoms with Gasteiger partial charge in [-0.25, -0.2) is 13.2 Å². The summed E-state index contributed by atoms with van der Waals surface area (Å²) in [4.78, 5) is 10.8. The van der Waals surface area contributed by atoms with Crippen LogP contribution in [0.15, 0.2) is 27.6 Å². The third-order valence-corrected chi connectivity index (χ3v) is 5.61. The van der Waals surface area contributed by atoms with Crippen molar-refractivity contribution in [2.75, 3.05) is 13.1 Å². The lowest BCUT2D eigenvalue weighted by molar-refractivity contribution is 0.0601. The maximum atomic E-state index is 12.6. The second kappa shape index (κ2) is 6.43. The van der Waals surface area contributed by atoms with Crippen LogP contribution in [0.4, 0.5) is 0 Å². The normalized spacial score (nSPS) is 12.7. The van der Waals surface area contributed by atoms with Crippen molar-refractivity contribution in [3.05, 3.63) is 28.2 Å². The van der Waals surface area contributed by atoms with Crippen LogP contribution in [0.25, 0.3) is 0 Å². The molecule has 0 aromatic heterocycles. The Morgan fingerprint density at radius 2 is 1.95 bits per heavy atom. The summed E-state index contributed by atoms with van der Waals surface area (Å²) in [5.74, 6) is -1.14. The van der Waals surface area contributed by atoms with Crippen molar-refractivity contribution in [3.63, 3.8) is 0 Å². The second-order valence-corrected chi connectivity index (χ2v) is 7.95. The summed E-state index contributed by atoms with van der Waals surface area (Å²) >= 11 is 3.10. The Labute approximate surface area is 132 Å². The van der Waals surface area contributed by atoms with Gasteiger partial charge in [0.1, 0.15) is 0 Å². The number of aromatic carboxylic acids is 1. The topological polar surface area (TPSA) is 94.9 Å². The fraction of sp³-hybridized carbons (Fsp3) is 0.462. The molecule has 0 heterocycles. The molecule has 0 atom stereocenters. The van der Waals surface area contributed by atoms with Gasteiger partial charge in [0.05, 0.1) is 16.1 Å². The van der Waals surface area contributed by atoms with E-state index in [0.29, 0.717) is 0 Å². The average molecular weight is 380 g/mol. The molecular weight excluding hydrogens is 362 g/mol. The lowest BCUT2D eigenvalue weighted by atomic mass is 10.1. The van der Waals surface area contributed by atoms with Crippen LogP contribution in [-0.4, -0.2) is 47.6 Å². The number of rotatable bonds is 6. The summed E-state index contributed by atoms with van der Waals surface area (Å²) in [5, 5.41) is 18.7. The van der Waals surface area contributed by atoms with Crippen molar-refractivity contribution in [1.82, 2.24) is 4.31 Å². The molecule has 1 aromatic rings. The monoisotopic (exact) mass is 379 g/mol. The van der Waals surface area contributed by atoms with Crippen molar-refractivity contribution in [2.45, 2.75) is 31.3 Å². The maximum Gasteiger partial charge on any atom is 0.335 e. The van der Waals surface area contributed by atoms with E-state index in [0.717, 1.165) is 4.31 Å². The Morgan fingerprint density at radius 1 is 1.38 bits per heavy atom. The molecule has 1 rings (SSSR count). The number of benzene rings is 1. The van der Waals surface area contributed by atoms with Gasteiger partial charge < -0.3 is 10.2 Å². The van der Waals surface area contributed by atoms with E-state index in [2.05, 4.69) is 15.9 Å². The SMILES string of the molecule is CCN(CC(C)(C)O)S(=O)(=O)c1ccc(C(=O)O)cc1Br. The van der Waals surface area contributed by atoms with E-state index < -0.39 is 21.6 Å². The summed E-state index contributed by atoms with van der Waals surface area (Å²) in [6, 6.07) is 3.72. The smallest absolute Gasteiger partial charge is 0.335 e. The van der Waals surface area contributed by atoms with Crippen LogP contribution in [-0.2, 0) is 10.0 Å². The number of carboxylic acids is 1. The van der Waals surface area contributed by atoms with Crippen LogP contribution >= 0.6 is 15.9 Å². The zero-order valence-corrected chi connectivity index (χ0v) is 14.4. The standard InChI is InChI=1S/C13H18BrNO5S/c1-4-15(8-13(2,3)18)21(19,20)11-6-5-9(12(16)17)7-10(11)14/h5-7,18H,4,8H2,1-3H3,(H,16,17). The van der Waals surface area contributed by atoms with Crippen molar-refractivity contribution in [1.29, 1.82) is 0 Å². The number of halogens is 1. The summed E-state index contributed by atoms with van der Waals surface area (Å²) in [5.41, 5.74) is -1.18. The first-order valence-electron chi connectivity index (χ1n) is 6.24. The van der Waals surface area contributed by atoms with E-state index in [9.17, 15) is 18.3 Å². The molecule has 0 aliphatic carbocycles. The first kappa shape index (κ1) is 18.1. The Kier molecular flexibility index (Phi) is 5.54. The molecule has 0 radical (unpaired) electrons. The highest BCUT2D eigenvalue weighted by molar-refractivity contribution is 9.10. The predicted molar refractivity (Wildman–Crippen MR) is 81.8 cm³/mol. The number of sulfonamides is 1. The first-order chi connectivity index (χ1) is 9.49. The molecule has 0 spiro atoms. The summed E-state index contributed by atoms with van der Waals surface area (Å²) < 4.78 is 26.5. The molecule has 0 unspecified atom stereocenters. The van der Waals surface area contributed by atoms with Gasteiger partial charge in [0, 0.05) is 17.6 Å². The lowest BCUT2D eigenvalue weighted by Gasteiger charge is -2.27. The molecule has 6 nitrogen and oxygen atoms in total. The van der Waals surface area contributed by atoms with Gasteiger partial charge >= 0.3 is 5.97 Å². The molecular formula is C13H18BrNO5S. The van der Waals surface area contributed by atoms with E-state index in [4.69, 9.17) is 5.11 Å². The van der Waals surface area contributed by atoms with E-state index >= 15 is 0 Å². The molecule has 0 fully saturated rings. The number of hydrogen-bond donors (Lipinski definition) is 2. The highest BCUT2D eigenvalue weighted by Gasteiger charge is 2.30. The number of carboxylic acid groups (broad SMARTS) is 1. The highest BCUT2D eigenvalue weighted by Crippen LogP contribution is 2.27. The largest absolute Gasteiger partial charge is 0.478 e. The molecule has 2 N–H and O–H groups in total. The first-order valence-corrected chi connectivity index (χ1v) is 8.47. The highest BCUT2D eigenvalue weighted by atomic mass is 79.9. The molecule has 21 heavy (non-hydrogen) atoms. The van der Waals surface area contributed by atoms with Crippen LogP contribution in [0.5, 0.6) is 0 Å². The van der Waals surface area contributed by atoms with Gasteiger partial charge in [-0.2, -0.15) is 4.31 Å². The Balaban J connectivity index is 3.26. The van der Waals surface area contributed by atoms with Crippen molar-refractivity contribution in [3.8, 4) is 0 Å². The van der Waals surface area contributed by atoms with Gasteiger partial charge in [-0.05, 0) is 48.0 Å². The number of carbonyl (C=O) groups is 1. The molecule has 0 aliphatic rings. The zero-order valence-electron chi connectivity index (χ0n) is 12.0. The summed E-state index contributed by atoms with van der Waals surface area (Å²) in [6.07, 6.45) is 0. The average Bonchev–Trinajstić information content (AvgIpc) is 2.34. The Hall–Kier alpha value is -0.960. The van der Waals surface area contributed by atoms with Gasteiger partial charge in [-0.3, -0.25) is 0 Å². The van der Waals surface area contributed by atoms with Gasteiger partial charge in [0.15, 0.2) is 0 Å². The Morgan fingerprint density at radius 3 is 2.33 bits per heavy atom. The molecule has 0 amide bonds. The quantitative estimate of drug-likeness (QED) is 0.787. The summed E-state index contributed by atoms with van der Waals surface area (Å²) in [7, 11) is -3.82. The molecule has 1 aromatic carbocycles. The van der Waals surface area contributed by atoms with Crippen molar-refractivity contribution < 1.29 is 23.4 Å². The molecule has 8 heteroatoms. The lowest BCUT2D eigenvalue weighted by Crippen LogP contribution is -2.42. The van der Waals surface area contributed by atoms with E-state index in [1.807, 2.05) is 0 Å². The van der Waals surface area contributed by atoms with Gasteiger partial charge in [-0.1, -0.05) is 6.92 Å². The molecule has 0 saturated carbocycles. The van der Waals surface area contributed by atoms with Gasteiger partial charge in [-0.15, -0.1) is 0 Å². The van der Waals surface area contributed by atoms with Gasteiger partial charge in [0.25, 0.3) is 0 Å². The zero-order chi connectivity index (χ0) is 16.4. The van der Waals surface area contributed by atoms with E-state index in [1.165, 1.54) is 32.0 Å². The summed E-state index contributed by atoms with van der Waals surface area (Å²) in [6.45, 7) is 4.85. The molecule has 0 bridgehead atoms. The minimum atomic E-state index is -3.82. The third kappa shape index (κ3) is 4.50. The van der Waals surface area contributed by atoms with Crippen LogP contribution in [0, 0.1) is 0 Å².